The van der Waals surface area contributed by atoms with E-state index in [0.29, 0.717) is 37.2 Å². The van der Waals surface area contributed by atoms with Gasteiger partial charge in [0.15, 0.2) is 0 Å². The molecule has 0 radical (unpaired) electrons. The SMILES string of the molecule is CCN(CC)CCOC(=O)c1ccc(NC(=O)C2CCCCC2C(=O)O)cc1. The van der Waals surface area contributed by atoms with Crippen LogP contribution in [0.3, 0.4) is 0 Å². The second kappa shape index (κ2) is 10.8. The van der Waals surface area contributed by atoms with Crippen molar-refractivity contribution in [2.45, 2.75) is 39.5 Å². The van der Waals surface area contributed by atoms with Gasteiger partial charge in [-0.05, 0) is 50.2 Å². The minimum absolute atomic E-state index is 0.276. The summed E-state index contributed by atoms with van der Waals surface area (Å²) < 4.78 is 5.29. The third-order valence-corrected chi connectivity index (χ3v) is 5.34. The summed E-state index contributed by atoms with van der Waals surface area (Å²) in [5.74, 6) is -2.74. The van der Waals surface area contributed by atoms with Crippen molar-refractivity contribution < 1.29 is 24.2 Å². The molecule has 1 aromatic rings. The van der Waals surface area contributed by atoms with Gasteiger partial charge in [-0.25, -0.2) is 4.79 Å². The number of esters is 1. The van der Waals surface area contributed by atoms with Crippen LogP contribution in [0.2, 0.25) is 0 Å². The summed E-state index contributed by atoms with van der Waals surface area (Å²) in [5, 5.41) is 12.1. The molecular weight excluding hydrogens is 360 g/mol. The zero-order valence-electron chi connectivity index (χ0n) is 16.6. The van der Waals surface area contributed by atoms with E-state index in [0.717, 1.165) is 25.9 Å². The Kier molecular flexibility index (Phi) is 8.44. The number of nitrogens with zero attached hydrogens (tertiary/aromatic N) is 1. The Morgan fingerprint density at radius 2 is 1.68 bits per heavy atom. The van der Waals surface area contributed by atoms with E-state index in [9.17, 15) is 19.5 Å². The van der Waals surface area contributed by atoms with E-state index in [4.69, 9.17) is 4.74 Å². The lowest BCUT2D eigenvalue weighted by molar-refractivity contribution is -0.147. The number of anilines is 1. The van der Waals surface area contributed by atoms with E-state index in [2.05, 4.69) is 24.1 Å². The molecule has 1 amide bonds. The lowest BCUT2D eigenvalue weighted by Gasteiger charge is -2.27. The summed E-state index contributed by atoms with van der Waals surface area (Å²) in [6, 6.07) is 6.48. The summed E-state index contributed by atoms with van der Waals surface area (Å²) in [6.07, 6.45) is 2.82. The van der Waals surface area contributed by atoms with Gasteiger partial charge in [0.1, 0.15) is 6.61 Å². The number of carboxylic acids is 1. The Labute approximate surface area is 166 Å². The van der Waals surface area contributed by atoms with E-state index in [1.807, 2.05) is 0 Å². The van der Waals surface area contributed by atoms with Crippen LogP contribution in [0.15, 0.2) is 24.3 Å². The minimum Gasteiger partial charge on any atom is -0.481 e. The van der Waals surface area contributed by atoms with E-state index < -0.39 is 23.8 Å². The molecule has 0 aromatic heterocycles. The van der Waals surface area contributed by atoms with Crippen LogP contribution in [0, 0.1) is 11.8 Å². The number of likely N-dealkylation sites (N-methyl/N-ethyl adjacent to an activating group) is 1. The molecular formula is C21H30N2O5. The third-order valence-electron chi connectivity index (χ3n) is 5.34. The Balaban J connectivity index is 1.88. The van der Waals surface area contributed by atoms with Crippen LogP contribution in [0.5, 0.6) is 0 Å². The average Bonchev–Trinajstić information content (AvgIpc) is 2.71. The highest BCUT2D eigenvalue weighted by Crippen LogP contribution is 2.31. The van der Waals surface area contributed by atoms with E-state index in [-0.39, 0.29) is 5.91 Å². The number of hydrogen-bond acceptors (Lipinski definition) is 5. The molecule has 2 N–H and O–H groups in total. The molecule has 2 atom stereocenters. The first kappa shape index (κ1) is 21.9. The maximum absolute atomic E-state index is 12.5. The first-order valence-electron chi connectivity index (χ1n) is 9.99. The molecule has 1 aliphatic carbocycles. The first-order chi connectivity index (χ1) is 13.5. The summed E-state index contributed by atoms with van der Waals surface area (Å²) >= 11 is 0. The molecule has 1 aromatic carbocycles. The zero-order valence-corrected chi connectivity index (χ0v) is 16.6. The summed E-state index contributed by atoms with van der Waals surface area (Å²) in [4.78, 5) is 38.1. The molecule has 1 fully saturated rings. The fourth-order valence-electron chi connectivity index (χ4n) is 3.56. The molecule has 0 saturated heterocycles. The second-order valence-electron chi connectivity index (χ2n) is 7.07. The van der Waals surface area contributed by atoms with Crippen LogP contribution in [0.1, 0.15) is 49.9 Å². The van der Waals surface area contributed by atoms with Gasteiger partial charge >= 0.3 is 11.9 Å². The van der Waals surface area contributed by atoms with E-state index >= 15 is 0 Å². The number of nitrogens with one attached hydrogen (secondary N) is 1. The summed E-state index contributed by atoms with van der Waals surface area (Å²) in [7, 11) is 0. The molecule has 0 aliphatic heterocycles. The fourth-order valence-corrected chi connectivity index (χ4v) is 3.56. The Bertz CT molecular complexity index is 670. The van der Waals surface area contributed by atoms with E-state index in [1.54, 1.807) is 24.3 Å². The van der Waals surface area contributed by atoms with Gasteiger partial charge in [0.05, 0.1) is 17.4 Å². The highest BCUT2D eigenvalue weighted by molar-refractivity contribution is 5.96. The normalized spacial score (nSPS) is 19.2. The summed E-state index contributed by atoms with van der Waals surface area (Å²) in [6.45, 7) is 6.96. The Morgan fingerprint density at radius 1 is 1.07 bits per heavy atom. The molecule has 2 rings (SSSR count). The van der Waals surface area contributed by atoms with Crippen LogP contribution in [0.25, 0.3) is 0 Å². The molecule has 0 heterocycles. The molecule has 1 saturated carbocycles. The number of rotatable bonds is 9. The van der Waals surface area contributed by atoms with Crippen molar-refractivity contribution in [1.82, 2.24) is 4.90 Å². The topological polar surface area (TPSA) is 95.9 Å². The molecule has 28 heavy (non-hydrogen) atoms. The lowest BCUT2D eigenvalue weighted by atomic mass is 9.78. The van der Waals surface area contributed by atoms with Crippen molar-refractivity contribution in [3.05, 3.63) is 29.8 Å². The largest absolute Gasteiger partial charge is 0.481 e. The van der Waals surface area contributed by atoms with Crippen molar-refractivity contribution in [2.75, 3.05) is 31.6 Å². The molecule has 1 aliphatic rings. The smallest absolute Gasteiger partial charge is 0.338 e. The molecule has 0 spiro atoms. The minimum atomic E-state index is -0.914. The number of amides is 1. The number of benzene rings is 1. The highest BCUT2D eigenvalue weighted by atomic mass is 16.5. The molecule has 154 valence electrons. The molecule has 7 heteroatoms. The standard InChI is InChI=1S/C21H30N2O5/c1-3-23(4-2)13-14-28-21(27)15-9-11-16(12-10-15)22-19(24)17-7-5-6-8-18(17)20(25)26/h9-12,17-18H,3-8,13-14H2,1-2H3,(H,22,24)(H,25,26). The van der Waals surface area contributed by atoms with Crippen molar-refractivity contribution in [3.63, 3.8) is 0 Å². The molecule has 2 unspecified atom stereocenters. The van der Waals surface area contributed by atoms with Crippen LogP contribution in [-0.4, -0.2) is 54.1 Å². The monoisotopic (exact) mass is 390 g/mol. The van der Waals surface area contributed by atoms with Gasteiger partial charge in [0.2, 0.25) is 5.91 Å². The Morgan fingerprint density at radius 3 is 2.25 bits per heavy atom. The predicted molar refractivity (Wildman–Crippen MR) is 106 cm³/mol. The second-order valence-corrected chi connectivity index (χ2v) is 7.07. The molecule has 0 bridgehead atoms. The number of carbonyl (C=O) groups is 3. The maximum atomic E-state index is 12.5. The van der Waals surface area contributed by atoms with Crippen molar-refractivity contribution >= 4 is 23.5 Å². The van der Waals surface area contributed by atoms with Gasteiger partial charge in [-0.1, -0.05) is 26.7 Å². The van der Waals surface area contributed by atoms with Gasteiger partial charge < -0.3 is 20.1 Å². The molecule has 7 nitrogen and oxygen atoms in total. The van der Waals surface area contributed by atoms with Gasteiger partial charge in [0.25, 0.3) is 0 Å². The fraction of sp³-hybridized carbons (Fsp3) is 0.571. The van der Waals surface area contributed by atoms with Crippen LogP contribution in [0.4, 0.5) is 5.69 Å². The number of ether oxygens (including phenoxy) is 1. The number of aliphatic carboxylic acids is 1. The van der Waals surface area contributed by atoms with Crippen molar-refractivity contribution in [2.24, 2.45) is 11.8 Å². The van der Waals surface area contributed by atoms with Crippen LogP contribution in [-0.2, 0) is 14.3 Å². The third kappa shape index (κ3) is 6.05. The first-order valence-corrected chi connectivity index (χ1v) is 9.99. The highest BCUT2D eigenvalue weighted by Gasteiger charge is 2.35. The van der Waals surface area contributed by atoms with Crippen LogP contribution < -0.4 is 5.32 Å². The number of carboxylic acid groups (broad SMARTS) is 1. The van der Waals surface area contributed by atoms with Crippen molar-refractivity contribution in [3.8, 4) is 0 Å². The lowest BCUT2D eigenvalue weighted by Crippen LogP contribution is -2.36. The number of carbonyl (C=O) groups excluding carboxylic acids is 2. The van der Waals surface area contributed by atoms with Gasteiger partial charge in [-0.3, -0.25) is 9.59 Å². The zero-order chi connectivity index (χ0) is 20.5. The average molecular weight is 390 g/mol. The maximum Gasteiger partial charge on any atom is 0.338 e. The van der Waals surface area contributed by atoms with E-state index in [1.165, 1.54) is 0 Å². The summed E-state index contributed by atoms with van der Waals surface area (Å²) in [5.41, 5.74) is 0.957. The van der Waals surface area contributed by atoms with Gasteiger partial charge in [0, 0.05) is 12.2 Å². The predicted octanol–water partition coefficient (Wildman–Crippen LogP) is 3.01. The van der Waals surface area contributed by atoms with Crippen molar-refractivity contribution in [1.29, 1.82) is 0 Å². The number of hydrogen-bond donors (Lipinski definition) is 2. The Hall–Kier alpha value is -2.41. The quantitative estimate of drug-likeness (QED) is 0.629. The van der Waals surface area contributed by atoms with Gasteiger partial charge in [-0.2, -0.15) is 0 Å². The van der Waals surface area contributed by atoms with Gasteiger partial charge in [-0.15, -0.1) is 0 Å². The van der Waals surface area contributed by atoms with Crippen LogP contribution >= 0.6 is 0 Å².